The van der Waals surface area contributed by atoms with Gasteiger partial charge >= 0.3 is 10.8 Å². The second-order valence-corrected chi connectivity index (χ2v) is 8.28. The zero-order valence-electron chi connectivity index (χ0n) is 17.2. The molecule has 4 rings (SSSR count). The molecule has 6 nitrogen and oxygen atoms in total. The smallest absolute Gasteiger partial charge is 0.308 e. The molecule has 0 amide bonds. The number of carbonyl (C=O) groups is 2. The average molecular weight is 448 g/mol. The molecule has 32 heavy (non-hydrogen) atoms. The van der Waals surface area contributed by atoms with Crippen LogP contribution in [-0.2, 0) is 17.8 Å². The fourth-order valence-corrected chi connectivity index (χ4v) is 4.39. The first-order valence-corrected chi connectivity index (χ1v) is 11.0. The molecule has 0 saturated carbocycles. The first kappa shape index (κ1) is 21.5. The van der Waals surface area contributed by atoms with E-state index in [1.165, 1.54) is 0 Å². The van der Waals surface area contributed by atoms with Crippen molar-refractivity contribution in [3.05, 3.63) is 99.2 Å². The minimum Gasteiger partial charge on any atom is -0.492 e. The number of carboxylic acid groups (broad SMARTS) is 1. The first-order chi connectivity index (χ1) is 15.5. The Balaban J connectivity index is 1.42. The summed E-state index contributed by atoms with van der Waals surface area (Å²) in [6.07, 6.45) is 0.563. The summed E-state index contributed by atoms with van der Waals surface area (Å²) in [7, 11) is 0. The Hall–Kier alpha value is -3.71. The third-order valence-corrected chi connectivity index (χ3v) is 6.04. The van der Waals surface area contributed by atoms with E-state index in [1.54, 1.807) is 47.0 Å². The van der Waals surface area contributed by atoms with Gasteiger partial charge in [0.05, 0.1) is 16.8 Å². The molecule has 0 atom stereocenters. The van der Waals surface area contributed by atoms with E-state index in [0.717, 1.165) is 27.1 Å². The molecule has 0 radical (unpaired) electrons. The van der Waals surface area contributed by atoms with Gasteiger partial charge in [0.1, 0.15) is 12.4 Å². The van der Waals surface area contributed by atoms with E-state index < -0.39 is 5.97 Å². The summed E-state index contributed by atoms with van der Waals surface area (Å²) in [6.45, 7) is 0.691. The monoisotopic (exact) mass is 447 g/mol. The summed E-state index contributed by atoms with van der Waals surface area (Å²) >= 11 is 1.11. The molecular weight excluding hydrogens is 426 g/mol. The Morgan fingerprint density at radius 1 is 0.938 bits per heavy atom. The van der Waals surface area contributed by atoms with Gasteiger partial charge in [-0.05, 0) is 42.3 Å². The van der Waals surface area contributed by atoms with Crippen molar-refractivity contribution >= 4 is 33.3 Å². The summed E-state index contributed by atoms with van der Waals surface area (Å²) in [5, 5.41) is 8.76. The second-order valence-electron chi connectivity index (χ2n) is 7.28. The number of benzene rings is 3. The zero-order chi connectivity index (χ0) is 22.5. The fraction of sp³-hybridized carbons (Fsp3) is 0.160. The van der Waals surface area contributed by atoms with Crippen LogP contribution in [0.1, 0.15) is 27.9 Å². The summed E-state index contributed by atoms with van der Waals surface area (Å²) < 4.78 is 8.17. The lowest BCUT2D eigenvalue weighted by molar-refractivity contribution is -0.136. The number of ether oxygens (including phenoxy) is 1. The van der Waals surface area contributed by atoms with E-state index in [9.17, 15) is 14.4 Å². The zero-order valence-corrected chi connectivity index (χ0v) is 18.0. The lowest BCUT2D eigenvalue weighted by Gasteiger charge is -2.08. The van der Waals surface area contributed by atoms with Crippen LogP contribution in [-0.4, -0.2) is 28.0 Å². The molecule has 0 unspecified atom stereocenters. The van der Waals surface area contributed by atoms with Crippen LogP contribution in [0.4, 0.5) is 0 Å². The summed E-state index contributed by atoms with van der Waals surface area (Å²) in [5.41, 5.74) is 2.87. The van der Waals surface area contributed by atoms with Gasteiger partial charge in [0.15, 0.2) is 5.78 Å². The molecule has 3 aromatic carbocycles. The number of ketones is 1. The van der Waals surface area contributed by atoms with Crippen LogP contribution in [0.25, 0.3) is 10.2 Å². The number of fused-ring (bicyclic) bond motifs is 1. The van der Waals surface area contributed by atoms with Crippen molar-refractivity contribution in [2.45, 2.75) is 19.4 Å². The normalized spacial score (nSPS) is 10.9. The topological polar surface area (TPSA) is 85.6 Å². The summed E-state index contributed by atoms with van der Waals surface area (Å²) in [4.78, 5) is 35.7. The van der Waals surface area contributed by atoms with Crippen LogP contribution < -0.4 is 9.61 Å². The number of hydrogen-bond donors (Lipinski definition) is 1. The number of rotatable bonds is 9. The molecule has 1 N–H and O–H groups in total. The maximum absolute atomic E-state index is 12.7. The highest BCUT2D eigenvalue weighted by atomic mass is 32.1. The molecule has 1 aromatic heterocycles. The Morgan fingerprint density at radius 2 is 1.69 bits per heavy atom. The molecule has 0 fully saturated rings. The second kappa shape index (κ2) is 9.62. The van der Waals surface area contributed by atoms with Crippen LogP contribution in [0, 0.1) is 0 Å². The van der Waals surface area contributed by atoms with Crippen LogP contribution in [0.2, 0.25) is 0 Å². The van der Waals surface area contributed by atoms with Gasteiger partial charge in [0, 0.05) is 17.5 Å². The molecular formula is C25H21NO5S. The maximum atomic E-state index is 12.7. The van der Waals surface area contributed by atoms with E-state index in [1.807, 2.05) is 30.3 Å². The predicted octanol–water partition coefficient (Wildman–Crippen LogP) is 4.39. The van der Waals surface area contributed by atoms with E-state index in [4.69, 9.17) is 9.84 Å². The minimum absolute atomic E-state index is 0.0740. The molecule has 4 aromatic rings. The third kappa shape index (κ3) is 4.95. The molecule has 7 heteroatoms. The Labute approximate surface area is 188 Å². The van der Waals surface area contributed by atoms with E-state index in [-0.39, 0.29) is 17.1 Å². The van der Waals surface area contributed by atoms with Crippen molar-refractivity contribution in [1.82, 2.24) is 4.57 Å². The molecule has 0 spiro atoms. The van der Waals surface area contributed by atoms with Gasteiger partial charge in [0.2, 0.25) is 0 Å². The molecule has 1 heterocycles. The highest BCUT2D eigenvalue weighted by molar-refractivity contribution is 7.16. The van der Waals surface area contributed by atoms with E-state index in [2.05, 4.69) is 0 Å². The number of hydrogen-bond acceptors (Lipinski definition) is 5. The molecule has 0 aliphatic rings. The van der Waals surface area contributed by atoms with Crippen molar-refractivity contribution < 1.29 is 19.4 Å². The van der Waals surface area contributed by atoms with Gasteiger partial charge in [-0.1, -0.05) is 53.8 Å². The fourth-order valence-electron chi connectivity index (χ4n) is 3.43. The van der Waals surface area contributed by atoms with Crippen molar-refractivity contribution in [1.29, 1.82) is 0 Å². The van der Waals surface area contributed by atoms with Gasteiger partial charge in [-0.15, -0.1) is 0 Å². The molecule has 0 saturated heterocycles. The van der Waals surface area contributed by atoms with Gasteiger partial charge < -0.3 is 9.84 Å². The average Bonchev–Trinajstić information content (AvgIpc) is 3.12. The largest absolute Gasteiger partial charge is 0.492 e. The van der Waals surface area contributed by atoms with Crippen molar-refractivity contribution in [2.75, 3.05) is 6.61 Å². The van der Waals surface area contributed by atoms with Crippen LogP contribution in [0.3, 0.4) is 0 Å². The summed E-state index contributed by atoms with van der Waals surface area (Å²) in [5.74, 6) is -0.238. The Kier molecular flexibility index (Phi) is 6.47. The first-order valence-electron chi connectivity index (χ1n) is 10.2. The number of nitrogens with zero attached hydrogens (tertiary/aromatic N) is 1. The summed E-state index contributed by atoms with van der Waals surface area (Å²) in [6, 6.07) is 21.7. The van der Waals surface area contributed by atoms with Crippen LogP contribution in [0.5, 0.6) is 5.75 Å². The Morgan fingerprint density at radius 3 is 2.41 bits per heavy atom. The van der Waals surface area contributed by atoms with E-state index in [0.29, 0.717) is 36.4 Å². The van der Waals surface area contributed by atoms with Crippen molar-refractivity contribution in [3.63, 3.8) is 0 Å². The molecule has 0 bridgehead atoms. The lowest BCUT2D eigenvalue weighted by Crippen LogP contribution is -2.17. The highest BCUT2D eigenvalue weighted by Gasteiger charge is 2.13. The van der Waals surface area contributed by atoms with Gasteiger partial charge in [-0.25, -0.2) is 0 Å². The highest BCUT2D eigenvalue weighted by Crippen LogP contribution is 2.21. The Bertz CT molecular complexity index is 1310. The molecule has 162 valence electrons. The van der Waals surface area contributed by atoms with Gasteiger partial charge in [-0.3, -0.25) is 19.0 Å². The van der Waals surface area contributed by atoms with Gasteiger partial charge in [0.25, 0.3) is 0 Å². The van der Waals surface area contributed by atoms with Gasteiger partial charge in [-0.2, -0.15) is 0 Å². The molecule has 0 aliphatic heterocycles. The SMILES string of the molecule is O=C(O)CCc1ccc(OCCn2c(=O)sc3cc(C(=O)c4ccccc4)ccc32)cc1. The quantitative estimate of drug-likeness (QED) is 0.385. The number of aliphatic carboxylic acids is 1. The maximum Gasteiger partial charge on any atom is 0.308 e. The number of aromatic nitrogens is 1. The number of aryl methyl sites for hydroxylation is 1. The lowest BCUT2D eigenvalue weighted by atomic mass is 10.0. The van der Waals surface area contributed by atoms with Crippen molar-refractivity contribution in [3.8, 4) is 5.75 Å². The van der Waals surface area contributed by atoms with Crippen molar-refractivity contribution in [2.24, 2.45) is 0 Å². The standard InChI is InChI=1S/C25H21NO5S/c27-23(28)13-8-17-6-10-20(11-7-17)31-15-14-26-21-12-9-19(16-22(21)32-25(26)30)24(29)18-4-2-1-3-5-18/h1-7,9-12,16H,8,13-15H2,(H,27,28). The number of carbonyl (C=O) groups excluding carboxylic acids is 1. The third-order valence-electron chi connectivity index (χ3n) is 5.10. The molecule has 0 aliphatic carbocycles. The minimum atomic E-state index is -0.824. The van der Waals surface area contributed by atoms with Crippen LogP contribution in [0.15, 0.2) is 77.6 Å². The number of thiazole rings is 1. The number of carboxylic acids is 1. The van der Waals surface area contributed by atoms with Crippen LogP contribution >= 0.6 is 11.3 Å². The van der Waals surface area contributed by atoms with E-state index >= 15 is 0 Å². The predicted molar refractivity (Wildman–Crippen MR) is 124 cm³/mol.